The number of carbonyl (C=O) groups is 1. The van der Waals surface area contributed by atoms with Crippen LogP contribution in [-0.2, 0) is 14.8 Å². The summed E-state index contributed by atoms with van der Waals surface area (Å²) in [6.45, 7) is 1.37. The highest BCUT2D eigenvalue weighted by Crippen LogP contribution is 2.27. The van der Waals surface area contributed by atoms with Crippen molar-refractivity contribution in [3.63, 3.8) is 0 Å². The van der Waals surface area contributed by atoms with Crippen LogP contribution in [0.2, 0.25) is 0 Å². The zero-order valence-electron chi connectivity index (χ0n) is 10.9. The van der Waals surface area contributed by atoms with Crippen molar-refractivity contribution >= 4 is 16.0 Å². The van der Waals surface area contributed by atoms with Crippen molar-refractivity contribution in [1.29, 1.82) is 0 Å². The Bertz CT molecular complexity index is 649. The van der Waals surface area contributed by atoms with Gasteiger partial charge in [0.25, 0.3) is 0 Å². The minimum atomic E-state index is -5.08. The van der Waals surface area contributed by atoms with E-state index in [1.165, 1.54) is 13.8 Å². The summed E-state index contributed by atoms with van der Waals surface area (Å²) in [7, 11) is -5.08. The first kappa shape index (κ1) is 17.4. The Balaban J connectivity index is 3.60. The van der Waals surface area contributed by atoms with Crippen molar-refractivity contribution in [3.8, 4) is 0 Å². The minimum absolute atomic E-state index is 0.138. The van der Waals surface area contributed by atoms with E-state index in [-0.39, 0.29) is 10.4 Å². The van der Waals surface area contributed by atoms with Crippen LogP contribution in [0.1, 0.15) is 13.8 Å². The minimum Gasteiger partial charge on any atom is -0.480 e. The number of sulfonamides is 1. The fourth-order valence-corrected chi connectivity index (χ4v) is 3.29. The molecule has 10 heteroatoms. The smallest absolute Gasteiger partial charge is 0.318 e. The van der Waals surface area contributed by atoms with Gasteiger partial charge in [0.2, 0.25) is 10.0 Å². The number of aliphatic carboxylic acids is 1. The molecule has 0 aliphatic heterocycles. The zero-order valence-corrected chi connectivity index (χ0v) is 11.7. The zero-order chi connectivity index (χ0) is 16.5. The molecule has 0 aromatic heterocycles. The molecule has 0 spiro atoms. The molecule has 0 amide bonds. The third-order valence-corrected chi connectivity index (χ3v) is 4.55. The number of hydrogen-bond donors (Lipinski definition) is 1. The fourth-order valence-electron chi connectivity index (χ4n) is 1.57. The standard InChI is InChI=1S/C11H11F4NO4S/c1-5(2)16(4-8(17)18)21(19,20)11-9(14)6(12)3-7(13)10(11)15/h3,5H,4H2,1-2H3,(H,17,18). The Hall–Kier alpha value is -1.68. The molecule has 21 heavy (non-hydrogen) atoms. The molecule has 0 bridgehead atoms. The van der Waals surface area contributed by atoms with Crippen LogP contribution in [0.25, 0.3) is 0 Å². The molecule has 0 fully saturated rings. The van der Waals surface area contributed by atoms with Gasteiger partial charge in [-0.05, 0) is 13.8 Å². The Kier molecular flexibility index (Phi) is 4.95. The van der Waals surface area contributed by atoms with E-state index in [1.807, 2.05) is 0 Å². The molecular formula is C11H11F4NO4S. The molecule has 118 valence electrons. The maximum absolute atomic E-state index is 13.6. The predicted molar refractivity (Wildman–Crippen MR) is 62.9 cm³/mol. The predicted octanol–water partition coefficient (Wildman–Crippen LogP) is 1.73. The second-order valence-corrected chi connectivity index (χ2v) is 6.16. The molecule has 0 atom stereocenters. The van der Waals surface area contributed by atoms with Crippen molar-refractivity contribution in [2.24, 2.45) is 0 Å². The number of nitrogens with zero attached hydrogens (tertiary/aromatic N) is 1. The van der Waals surface area contributed by atoms with E-state index < -0.39 is 56.7 Å². The van der Waals surface area contributed by atoms with Crippen LogP contribution in [0, 0.1) is 23.3 Å². The summed E-state index contributed by atoms with van der Waals surface area (Å²) in [6, 6.07) is -1.14. The van der Waals surface area contributed by atoms with Gasteiger partial charge in [-0.15, -0.1) is 0 Å². The molecule has 1 aromatic carbocycles. The molecule has 0 radical (unpaired) electrons. The lowest BCUT2D eigenvalue weighted by Gasteiger charge is -2.24. The normalized spacial score (nSPS) is 12.2. The maximum Gasteiger partial charge on any atom is 0.318 e. The van der Waals surface area contributed by atoms with Crippen molar-refractivity contribution in [2.75, 3.05) is 6.54 Å². The summed E-state index contributed by atoms with van der Waals surface area (Å²) in [5, 5.41) is 8.65. The first-order chi connectivity index (χ1) is 9.50. The summed E-state index contributed by atoms with van der Waals surface area (Å²) in [4.78, 5) is 8.80. The molecule has 0 saturated carbocycles. The van der Waals surface area contributed by atoms with Gasteiger partial charge in [-0.25, -0.2) is 26.0 Å². The maximum atomic E-state index is 13.6. The molecule has 0 aliphatic rings. The number of carboxylic acids is 1. The molecular weight excluding hydrogens is 318 g/mol. The van der Waals surface area contributed by atoms with Crippen molar-refractivity contribution in [1.82, 2.24) is 4.31 Å². The lowest BCUT2D eigenvalue weighted by Crippen LogP contribution is -2.41. The summed E-state index contributed by atoms with van der Waals surface area (Å²) in [5.74, 6) is -9.60. The van der Waals surface area contributed by atoms with Gasteiger partial charge in [0, 0.05) is 12.1 Å². The Morgan fingerprint density at radius 2 is 1.62 bits per heavy atom. The lowest BCUT2D eigenvalue weighted by atomic mass is 10.3. The lowest BCUT2D eigenvalue weighted by molar-refractivity contribution is -0.137. The summed E-state index contributed by atoms with van der Waals surface area (Å²) in [6.07, 6.45) is 0. The van der Waals surface area contributed by atoms with Crippen LogP contribution < -0.4 is 0 Å². The molecule has 0 heterocycles. The van der Waals surface area contributed by atoms with Gasteiger partial charge in [0.05, 0.1) is 0 Å². The van der Waals surface area contributed by atoms with Gasteiger partial charge in [-0.3, -0.25) is 4.79 Å². The average Bonchev–Trinajstić information content (AvgIpc) is 2.33. The van der Waals surface area contributed by atoms with E-state index in [0.29, 0.717) is 0 Å². The number of hydrogen-bond acceptors (Lipinski definition) is 3. The first-order valence-corrected chi connectivity index (χ1v) is 7.00. The van der Waals surface area contributed by atoms with E-state index in [0.717, 1.165) is 0 Å². The quantitative estimate of drug-likeness (QED) is 0.659. The number of rotatable bonds is 5. The highest BCUT2D eigenvalue weighted by atomic mass is 32.2. The summed E-state index contributed by atoms with van der Waals surface area (Å²) in [5.41, 5.74) is 0. The van der Waals surface area contributed by atoms with Crippen molar-refractivity contribution in [3.05, 3.63) is 29.3 Å². The van der Waals surface area contributed by atoms with Gasteiger partial charge >= 0.3 is 5.97 Å². The Morgan fingerprint density at radius 3 is 1.95 bits per heavy atom. The van der Waals surface area contributed by atoms with Crippen molar-refractivity contribution in [2.45, 2.75) is 24.8 Å². The van der Waals surface area contributed by atoms with Gasteiger partial charge in [0.1, 0.15) is 6.54 Å². The Morgan fingerprint density at radius 1 is 1.19 bits per heavy atom. The fraction of sp³-hybridized carbons (Fsp3) is 0.364. The molecule has 0 unspecified atom stereocenters. The van der Waals surface area contributed by atoms with E-state index in [9.17, 15) is 30.8 Å². The van der Waals surface area contributed by atoms with Crippen LogP contribution >= 0.6 is 0 Å². The van der Waals surface area contributed by atoms with Gasteiger partial charge in [-0.2, -0.15) is 4.31 Å². The molecule has 0 aliphatic carbocycles. The third kappa shape index (κ3) is 3.32. The second kappa shape index (κ2) is 5.98. The van der Waals surface area contributed by atoms with E-state index in [4.69, 9.17) is 5.11 Å². The molecule has 1 rings (SSSR count). The molecule has 1 N–H and O–H groups in total. The highest BCUT2D eigenvalue weighted by molar-refractivity contribution is 7.89. The molecule has 0 saturated heterocycles. The highest BCUT2D eigenvalue weighted by Gasteiger charge is 2.36. The van der Waals surface area contributed by atoms with E-state index in [2.05, 4.69) is 0 Å². The largest absolute Gasteiger partial charge is 0.480 e. The van der Waals surface area contributed by atoms with Crippen LogP contribution in [0.4, 0.5) is 17.6 Å². The third-order valence-electron chi connectivity index (χ3n) is 2.51. The Labute approximate surface area is 117 Å². The van der Waals surface area contributed by atoms with Gasteiger partial charge in [0.15, 0.2) is 28.2 Å². The van der Waals surface area contributed by atoms with Gasteiger partial charge < -0.3 is 5.11 Å². The van der Waals surface area contributed by atoms with Gasteiger partial charge in [-0.1, -0.05) is 0 Å². The number of carboxylic acid groups (broad SMARTS) is 1. The molecule has 1 aromatic rings. The van der Waals surface area contributed by atoms with Crippen LogP contribution in [0.15, 0.2) is 11.0 Å². The average molecular weight is 329 g/mol. The second-order valence-electron chi connectivity index (χ2n) is 4.34. The van der Waals surface area contributed by atoms with Crippen molar-refractivity contribution < 1.29 is 35.9 Å². The summed E-state index contributed by atoms with van der Waals surface area (Å²) >= 11 is 0. The number of benzene rings is 1. The SMILES string of the molecule is CC(C)N(CC(=O)O)S(=O)(=O)c1c(F)c(F)cc(F)c1F. The van der Waals surface area contributed by atoms with Crippen LogP contribution in [0.5, 0.6) is 0 Å². The summed E-state index contributed by atoms with van der Waals surface area (Å²) < 4.78 is 77.7. The number of halogens is 4. The van der Waals surface area contributed by atoms with E-state index >= 15 is 0 Å². The van der Waals surface area contributed by atoms with E-state index in [1.54, 1.807) is 0 Å². The monoisotopic (exact) mass is 329 g/mol. The van der Waals surface area contributed by atoms with Crippen LogP contribution in [-0.4, -0.2) is 36.4 Å². The molecule has 5 nitrogen and oxygen atoms in total. The first-order valence-electron chi connectivity index (χ1n) is 5.56. The topological polar surface area (TPSA) is 74.7 Å². The van der Waals surface area contributed by atoms with Crippen LogP contribution in [0.3, 0.4) is 0 Å².